The van der Waals surface area contributed by atoms with Gasteiger partial charge in [-0.25, -0.2) is 0 Å². The molecule has 3 aliphatic carbocycles. The quantitative estimate of drug-likeness (QED) is 0.320. The molecule has 0 radical (unpaired) electrons. The third-order valence-electron chi connectivity index (χ3n) is 9.25. The number of hydrogen-bond donors (Lipinski definition) is 0. The lowest BCUT2D eigenvalue weighted by Gasteiger charge is -2.46. The fourth-order valence-electron chi connectivity index (χ4n) is 6.90. The normalized spacial score (nSPS) is 45.2. The second-order valence-corrected chi connectivity index (χ2v) is 11.8. The molecule has 160 valence electrons. The first-order valence-corrected chi connectivity index (χ1v) is 13.1. The first-order chi connectivity index (χ1) is 13.4. The standard InChI is InChI=1S/C27H47P/c1-6-7-9-22-10-8-11-23(15-22)24-12-13-25(27(28)17-24)16-26-20(4)18(2)14-19(3)21(26)5/h6-7,11,18-22,24-27H,8-10,12-17,28H2,1-5H3/b7-6-. The molecule has 9 atom stereocenters. The SMILES string of the molecule is C/C=C\CC1CCC=C(C2CCC(CC3C(C)C(C)CC(C)C3C)C(P)C2)C1. The molecule has 2 saturated carbocycles. The predicted molar refractivity (Wildman–Crippen MR) is 129 cm³/mol. The van der Waals surface area contributed by atoms with E-state index >= 15 is 0 Å². The highest BCUT2D eigenvalue weighted by Gasteiger charge is 2.40. The Morgan fingerprint density at radius 3 is 2.36 bits per heavy atom. The first kappa shape index (κ1) is 22.6. The molecule has 3 aliphatic rings. The molecular formula is C27H47P. The molecule has 9 unspecified atom stereocenters. The van der Waals surface area contributed by atoms with Crippen molar-refractivity contribution in [3.8, 4) is 0 Å². The summed E-state index contributed by atoms with van der Waals surface area (Å²) in [5.41, 5.74) is 2.66. The second-order valence-electron chi connectivity index (χ2n) is 11.0. The Bertz CT molecular complexity index is 532. The number of rotatable bonds is 5. The largest absolute Gasteiger partial charge is 0.134 e. The Hall–Kier alpha value is -0.0900. The van der Waals surface area contributed by atoms with E-state index in [-0.39, 0.29) is 0 Å². The predicted octanol–water partition coefficient (Wildman–Crippen LogP) is 8.29. The third-order valence-corrected chi connectivity index (χ3v) is 10.1. The number of allylic oxidation sites excluding steroid dienone is 4. The lowest BCUT2D eigenvalue weighted by atomic mass is 9.60. The Kier molecular flexibility index (Phi) is 8.30. The molecule has 2 fully saturated rings. The highest BCUT2D eigenvalue weighted by molar-refractivity contribution is 7.17. The van der Waals surface area contributed by atoms with Crippen molar-refractivity contribution in [1.82, 2.24) is 0 Å². The average molecular weight is 403 g/mol. The zero-order chi connectivity index (χ0) is 20.3. The molecule has 1 heteroatoms. The van der Waals surface area contributed by atoms with Gasteiger partial charge in [-0.05, 0) is 118 Å². The Morgan fingerprint density at radius 2 is 1.71 bits per heavy atom. The van der Waals surface area contributed by atoms with Crippen LogP contribution in [-0.4, -0.2) is 5.66 Å². The summed E-state index contributed by atoms with van der Waals surface area (Å²) in [4.78, 5) is 0. The summed E-state index contributed by atoms with van der Waals surface area (Å²) in [6.45, 7) is 12.3. The first-order valence-electron chi connectivity index (χ1n) is 12.5. The van der Waals surface area contributed by atoms with Gasteiger partial charge in [0.25, 0.3) is 0 Å². The van der Waals surface area contributed by atoms with E-state index in [9.17, 15) is 0 Å². The van der Waals surface area contributed by atoms with Crippen LogP contribution in [0.15, 0.2) is 23.8 Å². The molecule has 0 aromatic rings. The maximum atomic E-state index is 3.29. The third kappa shape index (κ3) is 5.33. The lowest BCUT2D eigenvalue weighted by molar-refractivity contribution is 0.0491. The summed E-state index contributed by atoms with van der Waals surface area (Å²) in [6, 6.07) is 0. The Balaban J connectivity index is 1.56. The topological polar surface area (TPSA) is 0 Å². The molecule has 28 heavy (non-hydrogen) atoms. The fraction of sp³-hybridized carbons (Fsp3) is 0.852. The highest BCUT2D eigenvalue weighted by Crippen LogP contribution is 2.49. The van der Waals surface area contributed by atoms with Crippen LogP contribution in [-0.2, 0) is 0 Å². The van der Waals surface area contributed by atoms with Crippen molar-refractivity contribution in [3.05, 3.63) is 23.8 Å². The van der Waals surface area contributed by atoms with E-state index in [1.165, 1.54) is 57.8 Å². The van der Waals surface area contributed by atoms with Gasteiger partial charge in [0.1, 0.15) is 0 Å². The molecule has 3 rings (SSSR count). The van der Waals surface area contributed by atoms with Gasteiger partial charge in [0.05, 0.1) is 0 Å². The molecule has 0 N–H and O–H groups in total. The monoisotopic (exact) mass is 402 g/mol. The minimum atomic E-state index is 0.836. The molecule has 0 aromatic heterocycles. The van der Waals surface area contributed by atoms with E-state index in [4.69, 9.17) is 0 Å². The van der Waals surface area contributed by atoms with Crippen LogP contribution in [0.3, 0.4) is 0 Å². The van der Waals surface area contributed by atoms with Crippen molar-refractivity contribution in [2.24, 2.45) is 47.3 Å². The van der Waals surface area contributed by atoms with E-state index in [1.54, 1.807) is 0 Å². The number of hydrogen-bond acceptors (Lipinski definition) is 0. The summed E-state index contributed by atoms with van der Waals surface area (Å²) in [6.07, 6.45) is 19.9. The van der Waals surface area contributed by atoms with Gasteiger partial charge in [-0.15, -0.1) is 9.24 Å². The fourth-order valence-corrected chi connectivity index (χ4v) is 7.58. The van der Waals surface area contributed by atoms with Crippen LogP contribution < -0.4 is 0 Å². The van der Waals surface area contributed by atoms with Gasteiger partial charge in [-0.3, -0.25) is 0 Å². The van der Waals surface area contributed by atoms with E-state index < -0.39 is 0 Å². The maximum absolute atomic E-state index is 3.29. The van der Waals surface area contributed by atoms with E-state index in [0.29, 0.717) is 0 Å². The van der Waals surface area contributed by atoms with Gasteiger partial charge < -0.3 is 0 Å². The van der Waals surface area contributed by atoms with Gasteiger partial charge in [0.2, 0.25) is 0 Å². The zero-order valence-corrected chi connectivity index (χ0v) is 20.5. The van der Waals surface area contributed by atoms with Crippen molar-refractivity contribution in [2.75, 3.05) is 0 Å². The van der Waals surface area contributed by atoms with Crippen LogP contribution in [0.2, 0.25) is 0 Å². The maximum Gasteiger partial charge on any atom is -0.0197 e. The van der Waals surface area contributed by atoms with Crippen LogP contribution in [0.25, 0.3) is 0 Å². The van der Waals surface area contributed by atoms with Gasteiger partial charge in [-0.1, -0.05) is 51.5 Å². The molecule has 0 aliphatic heterocycles. The highest BCUT2D eigenvalue weighted by atomic mass is 31.0. The zero-order valence-electron chi connectivity index (χ0n) is 19.4. The van der Waals surface area contributed by atoms with Crippen LogP contribution in [0.5, 0.6) is 0 Å². The Labute approximate surface area is 178 Å². The van der Waals surface area contributed by atoms with E-state index in [1.807, 2.05) is 5.57 Å². The summed E-state index contributed by atoms with van der Waals surface area (Å²) in [7, 11) is 3.29. The lowest BCUT2D eigenvalue weighted by Crippen LogP contribution is -2.38. The van der Waals surface area contributed by atoms with Crippen molar-refractivity contribution >= 4 is 9.24 Å². The molecule has 0 heterocycles. The van der Waals surface area contributed by atoms with Crippen LogP contribution in [0.1, 0.15) is 92.4 Å². The van der Waals surface area contributed by atoms with Crippen LogP contribution >= 0.6 is 9.24 Å². The molecule has 0 nitrogen and oxygen atoms in total. The van der Waals surface area contributed by atoms with Crippen molar-refractivity contribution in [2.45, 2.75) is 98.1 Å². The molecule has 0 spiro atoms. The molecule has 0 saturated heterocycles. The van der Waals surface area contributed by atoms with Crippen LogP contribution in [0.4, 0.5) is 0 Å². The van der Waals surface area contributed by atoms with Crippen molar-refractivity contribution < 1.29 is 0 Å². The molecule has 0 aromatic carbocycles. The average Bonchev–Trinajstić information content (AvgIpc) is 2.69. The van der Waals surface area contributed by atoms with Gasteiger partial charge in [-0.2, -0.15) is 0 Å². The minimum absolute atomic E-state index is 0.836. The molecule has 0 bridgehead atoms. The summed E-state index contributed by atoms with van der Waals surface area (Å²) in [5, 5.41) is 0. The van der Waals surface area contributed by atoms with Gasteiger partial charge in [0.15, 0.2) is 0 Å². The van der Waals surface area contributed by atoms with Gasteiger partial charge in [0, 0.05) is 0 Å². The summed E-state index contributed by atoms with van der Waals surface area (Å²) < 4.78 is 0. The minimum Gasteiger partial charge on any atom is -0.134 e. The molecular weight excluding hydrogens is 355 g/mol. The Morgan fingerprint density at radius 1 is 1.00 bits per heavy atom. The van der Waals surface area contributed by atoms with E-state index in [2.05, 4.69) is 62.1 Å². The van der Waals surface area contributed by atoms with E-state index in [0.717, 1.165) is 53.0 Å². The molecule has 0 amide bonds. The summed E-state index contributed by atoms with van der Waals surface area (Å²) >= 11 is 0. The van der Waals surface area contributed by atoms with Crippen LogP contribution in [0, 0.1) is 47.3 Å². The smallest absolute Gasteiger partial charge is 0.0197 e. The van der Waals surface area contributed by atoms with Crippen molar-refractivity contribution in [3.63, 3.8) is 0 Å². The van der Waals surface area contributed by atoms with Gasteiger partial charge >= 0.3 is 0 Å². The second kappa shape index (κ2) is 10.3. The summed E-state index contributed by atoms with van der Waals surface area (Å²) in [5.74, 6) is 7.33. The van der Waals surface area contributed by atoms with Crippen molar-refractivity contribution in [1.29, 1.82) is 0 Å².